The minimum absolute atomic E-state index is 0.131. The van der Waals surface area contributed by atoms with Gasteiger partial charge in [0, 0.05) is 22.2 Å². The summed E-state index contributed by atoms with van der Waals surface area (Å²) in [5.74, 6) is 0.721. The quantitative estimate of drug-likeness (QED) is 0.357. The number of hydrogen-bond acceptors (Lipinski definition) is 6. The summed E-state index contributed by atoms with van der Waals surface area (Å²) in [6, 6.07) is 22.7. The molecule has 5 rings (SSSR count). The summed E-state index contributed by atoms with van der Waals surface area (Å²) < 4.78 is 11.1. The van der Waals surface area contributed by atoms with Crippen molar-refractivity contribution in [3.63, 3.8) is 0 Å². The van der Waals surface area contributed by atoms with E-state index in [0.717, 1.165) is 21.8 Å². The Balaban J connectivity index is 1.42. The van der Waals surface area contributed by atoms with Gasteiger partial charge in [0.25, 0.3) is 5.91 Å². The third kappa shape index (κ3) is 4.81. The Morgan fingerprint density at radius 2 is 1.86 bits per heavy atom. The van der Waals surface area contributed by atoms with Gasteiger partial charge in [0.05, 0.1) is 18.5 Å². The van der Waals surface area contributed by atoms with Gasteiger partial charge >= 0.3 is 0 Å². The maximum absolute atomic E-state index is 13.2. The minimum Gasteiger partial charge on any atom is -0.497 e. The van der Waals surface area contributed by atoms with E-state index in [-0.39, 0.29) is 18.4 Å². The van der Waals surface area contributed by atoms with Crippen LogP contribution in [0.5, 0.6) is 11.5 Å². The largest absolute Gasteiger partial charge is 0.497 e. The van der Waals surface area contributed by atoms with Crippen molar-refractivity contribution in [3.8, 4) is 33.3 Å². The maximum Gasteiger partial charge on any atom is 0.268 e. The Morgan fingerprint density at radius 1 is 1.08 bits per heavy atom. The van der Waals surface area contributed by atoms with Gasteiger partial charge in [-0.25, -0.2) is 4.98 Å². The second-order valence-electron chi connectivity index (χ2n) is 8.30. The number of thiazole rings is 1. The molecule has 1 atom stereocenters. The lowest BCUT2D eigenvalue weighted by molar-refractivity contribution is -0.128. The van der Waals surface area contributed by atoms with Crippen LogP contribution < -0.4 is 19.7 Å². The number of methoxy groups -OCH3 is 1. The molecule has 1 aromatic heterocycles. The predicted octanol–water partition coefficient (Wildman–Crippen LogP) is 5.63. The molecule has 0 aliphatic carbocycles. The number of nitrogens with zero attached hydrogens (tertiary/aromatic N) is 2. The summed E-state index contributed by atoms with van der Waals surface area (Å²) in [7, 11) is 1.58. The van der Waals surface area contributed by atoms with Gasteiger partial charge in [0.15, 0.2) is 6.10 Å². The molecule has 0 radical (unpaired) electrons. The molecule has 1 aliphatic heterocycles. The van der Waals surface area contributed by atoms with Crippen LogP contribution >= 0.6 is 11.3 Å². The zero-order valence-electron chi connectivity index (χ0n) is 19.9. The third-order valence-electron chi connectivity index (χ3n) is 5.93. The van der Waals surface area contributed by atoms with Crippen LogP contribution in [0.15, 0.2) is 78.2 Å². The van der Waals surface area contributed by atoms with Crippen LogP contribution in [0.1, 0.15) is 13.3 Å². The molecule has 0 saturated carbocycles. The third-order valence-corrected chi connectivity index (χ3v) is 6.82. The predicted molar refractivity (Wildman–Crippen MR) is 142 cm³/mol. The number of hydrogen-bond donors (Lipinski definition) is 1. The summed E-state index contributed by atoms with van der Waals surface area (Å²) >= 11 is 1.56. The van der Waals surface area contributed by atoms with Crippen molar-refractivity contribution in [1.29, 1.82) is 0 Å². The Labute approximate surface area is 213 Å². The number of rotatable bonds is 7. The van der Waals surface area contributed by atoms with Gasteiger partial charge in [-0.1, -0.05) is 37.3 Å². The zero-order valence-corrected chi connectivity index (χ0v) is 20.7. The first-order valence-corrected chi connectivity index (χ1v) is 12.5. The van der Waals surface area contributed by atoms with Crippen molar-refractivity contribution in [1.82, 2.24) is 4.98 Å². The molecule has 0 saturated heterocycles. The molecular formula is C28H25N3O4S. The van der Waals surface area contributed by atoms with Crippen molar-refractivity contribution in [3.05, 3.63) is 78.2 Å². The van der Waals surface area contributed by atoms with Crippen molar-refractivity contribution < 1.29 is 19.1 Å². The Kier molecular flexibility index (Phi) is 6.69. The molecule has 0 fully saturated rings. The summed E-state index contributed by atoms with van der Waals surface area (Å²) in [6.07, 6.45) is -0.135. The van der Waals surface area contributed by atoms with E-state index in [1.807, 2.05) is 60.8 Å². The Bertz CT molecular complexity index is 1390. The van der Waals surface area contributed by atoms with Crippen LogP contribution in [-0.2, 0) is 9.59 Å². The standard InChI is InChI=1S/C28H25N3O4S/c1-3-24-28(33)31(16-26(32)29-20-10-12-21(34-2)13-11-20)23-15-19(9-14-25(23)35-24)22-17-36-27(30-22)18-7-5-4-6-8-18/h4-15,17,24H,3,16H2,1-2H3,(H,29,32). The van der Waals surface area contributed by atoms with Gasteiger partial charge in [-0.15, -0.1) is 11.3 Å². The average molecular weight is 500 g/mol. The number of nitrogens with one attached hydrogen (secondary N) is 1. The molecule has 2 heterocycles. The van der Waals surface area contributed by atoms with Gasteiger partial charge in [-0.3, -0.25) is 14.5 Å². The molecule has 36 heavy (non-hydrogen) atoms. The number of aromatic nitrogens is 1. The van der Waals surface area contributed by atoms with E-state index in [1.54, 1.807) is 42.7 Å². The van der Waals surface area contributed by atoms with Crippen molar-refractivity contribution in [2.45, 2.75) is 19.4 Å². The number of fused-ring (bicyclic) bond motifs is 1. The van der Waals surface area contributed by atoms with E-state index >= 15 is 0 Å². The van der Waals surface area contributed by atoms with Crippen LogP contribution in [0.2, 0.25) is 0 Å². The Morgan fingerprint density at radius 3 is 2.58 bits per heavy atom. The fourth-order valence-electron chi connectivity index (χ4n) is 4.04. The van der Waals surface area contributed by atoms with Crippen LogP contribution in [0.4, 0.5) is 11.4 Å². The summed E-state index contributed by atoms with van der Waals surface area (Å²) in [5.41, 5.74) is 3.88. The number of benzene rings is 3. The summed E-state index contributed by atoms with van der Waals surface area (Å²) in [4.78, 5) is 32.4. The molecule has 0 bridgehead atoms. The van der Waals surface area contributed by atoms with E-state index in [2.05, 4.69) is 5.32 Å². The lowest BCUT2D eigenvalue weighted by Crippen LogP contribution is -2.48. The van der Waals surface area contributed by atoms with E-state index in [1.165, 1.54) is 4.90 Å². The van der Waals surface area contributed by atoms with Crippen molar-refractivity contribution >= 4 is 34.5 Å². The van der Waals surface area contributed by atoms with Crippen LogP contribution in [0, 0.1) is 0 Å². The summed E-state index contributed by atoms with van der Waals surface area (Å²) in [5, 5.41) is 5.76. The molecule has 1 aliphatic rings. The number of carbonyl (C=O) groups excluding carboxylic acids is 2. The topological polar surface area (TPSA) is 80.8 Å². The van der Waals surface area contributed by atoms with E-state index in [0.29, 0.717) is 29.3 Å². The highest BCUT2D eigenvalue weighted by atomic mass is 32.1. The van der Waals surface area contributed by atoms with Crippen molar-refractivity contribution in [2.75, 3.05) is 23.9 Å². The zero-order chi connectivity index (χ0) is 25.1. The highest BCUT2D eigenvalue weighted by molar-refractivity contribution is 7.13. The number of anilines is 2. The molecule has 3 aromatic carbocycles. The normalized spacial score (nSPS) is 14.7. The monoisotopic (exact) mass is 499 g/mol. The molecule has 0 spiro atoms. The van der Waals surface area contributed by atoms with Crippen molar-refractivity contribution in [2.24, 2.45) is 0 Å². The smallest absolute Gasteiger partial charge is 0.268 e. The molecule has 8 heteroatoms. The van der Waals surface area contributed by atoms with Crippen LogP contribution in [0.25, 0.3) is 21.8 Å². The first-order chi connectivity index (χ1) is 17.6. The first-order valence-electron chi connectivity index (χ1n) is 11.6. The number of ether oxygens (including phenoxy) is 2. The highest BCUT2D eigenvalue weighted by Crippen LogP contribution is 2.39. The molecule has 182 valence electrons. The fraction of sp³-hybridized carbons (Fsp3) is 0.179. The number of carbonyl (C=O) groups is 2. The molecule has 7 nitrogen and oxygen atoms in total. The lowest BCUT2D eigenvalue weighted by Gasteiger charge is -2.34. The van der Waals surface area contributed by atoms with Gasteiger partial charge in [0.1, 0.15) is 23.1 Å². The van der Waals surface area contributed by atoms with Gasteiger partial charge in [-0.05, 0) is 48.9 Å². The highest BCUT2D eigenvalue weighted by Gasteiger charge is 2.34. The summed E-state index contributed by atoms with van der Waals surface area (Å²) in [6.45, 7) is 1.76. The molecule has 1 N–H and O–H groups in total. The molecule has 2 amide bonds. The SMILES string of the molecule is CCC1Oc2ccc(-c3csc(-c4ccccc4)n3)cc2N(CC(=O)Nc2ccc(OC)cc2)C1=O. The fourth-order valence-corrected chi connectivity index (χ4v) is 4.88. The first kappa shape index (κ1) is 23.6. The van der Waals surface area contributed by atoms with Gasteiger partial charge in [-0.2, -0.15) is 0 Å². The van der Waals surface area contributed by atoms with Gasteiger partial charge < -0.3 is 14.8 Å². The Hall–Kier alpha value is -4.17. The van der Waals surface area contributed by atoms with Crippen LogP contribution in [-0.4, -0.2) is 36.6 Å². The maximum atomic E-state index is 13.2. The second kappa shape index (κ2) is 10.2. The molecule has 4 aromatic rings. The van der Waals surface area contributed by atoms with E-state index in [9.17, 15) is 9.59 Å². The van der Waals surface area contributed by atoms with E-state index in [4.69, 9.17) is 14.5 Å². The van der Waals surface area contributed by atoms with Crippen LogP contribution in [0.3, 0.4) is 0 Å². The molecular weight excluding hydrogens is 474 g/mol. The average Bonchev–Trinajstić information content (AvgIpc) is 3.41. The van der Waals surface area contributed by atoms with E-state index < -0.39 is 6.10 Å². The lowest BCUT2D eigenvalue weighted by atomic mass is 10.1. The molecule has 1 unspecified atom stereocenters. The number of amides is 2. The minimum atomic E-state index is -0.638. The van der Waals surface area contributed by atoms with Gasteiger partial charge in [0.2, 0.25) is 5.91 Å². The second-order valence-corrected chi connectivity index (χ2v) is 9.16.